The number of hydrogen-bond acceptors (Lipinski definition) is 4. The van der Waals surface area contributed by atoms with E-state index in [0.29, 0.717) is 17.8 Å². The fraction of sp³-hybridized carbons (Fsp3) is 0.143. The van der Waals surface area contributed by atoms with Crippen molar-refractivity contribution in [2.45, 2.75) is 19.5 Å². The molecule has 4 rings (SSSR count). The van der Waals surface area contributed by atoms with E-state index in [2.05, 4.69) is 25.9 Å². The third-order valence-electron chi connectivity index (χ3n) is 4.75. The quantitative estimate of drug-likeness (QED) is 0.624. The van der Waals surface area contributed by atoms with Gasteiger partial charge in [0.05, 0.1) is 23.6 Å². The van der Waals surface area contributed by atoms with Crippen LogP contribution in [0.5, 0.6) is 0 Å². The van der Waals surface area contributed by atoms with Crippen molar-refractivity contribution < 1.29 is 9.59 Å². The zero-order valence-corrected chi connectivity index (χ0v) is 15.8. The molecule has 1 aromatic carbocycles. The Kier molecular flexibility index (Phi) is 5.07. The molecule has 1 unspecified atom stereocenters. The molecule has 0 radical (unpaired) electrons. The average molecular weight is 388 g/mol. The lowest BCUT2D eigenvalue weighted by Gasteiger charge is -2.28. The number of rotatable bonds is 5. The Morgan fingerprint density at radius 1 is 1.17 bits per heavy atom. The Bertz CT molecular complexity index is 1060. The molecule has 8 heteroatoms. The summed E-state index contributed by atoms with van der Waals surface area (Å²) in [7, 11) is 0. The first-order valence-corrected chi connectivity index (χ1v) is 9.16. The van der Waals surface area contributed by atoms with Crippen molar-refractivity contribution in [3.63, 3.8) is 0 Å². The molecule has 0 fully saturated rings. The fourth-order valence-corrected chi connectivity index (χ4v) is 3.38. The first-order chi connectivity index (χ1) is 14.1. The van der Waals surface area contributed by atoms with Crippen molar-refractivity contribution in [2.75, 3.05) is 0 Å². The van der Waals surface area contributed by atoms with Crippen molar-refractivity contribution in [1.82, 2.24) is 30.5 Å². The number of para-hydroxylation sites is 1. The van der Waals surface area contributed by atoms with Crippen LogP contribution in [0.2, 0.25) is 0 Å². The highest BCUT2D eigenvalue weighted by Crippen LogP contribution is 2.26. The second-order valence-electron chi connectivity index (χ2n) is 6.64. The van der Waals surface area contributed by atoms with Crippen molar-refractivity contribution in [3.8, 4) is 5.69 Å². The fourth-order valence-electron chi connectivity index (χ4n) is 3.38. The van der Waals surface area contributed by atoms with E-state index in [1.165, 1.54) is 0 Å². The molecular weight excluding hydrogens is 368 g/mol. The lowest BCUT2D eigenvalue weighted by molar-refractivity contribution is -0.118. The zero-order chi connectivity index (χ0) is 20.2. The summed E-state index contributed by atoms with van der Waals surface area (Å²) >= 11 is 0. The van der Waals surface area contributed by atoms with Crippen molar-refractivity contribution in [2.24, 2.45) is 0 Å². The highest BCUT2D eigenvalue weighted by molar-refractivity contribution is 5.98. The van der Waals surface area contributed by atoms with Crippen LogP contribution in [0.3, 0.4) is 0 Å². The minimum absolute atomic E-state index is 0.260. The molecule has 146 valence electrons. The van der Waals surface area contributed by atoms with Crippen LogP contribution in [0.25, 0.3) is 5.69 Å². The van der Waals surface area contributed by atoms with Gasteiger partial charge in [-0.1, -0.05) is 24.3 Å². The monoisotopic (exact) mass is 388 g/mol. The summed E-state index contributed by atoms with van der Waals surface area (Å²) in [6.07, 6.45) is 8.57. The molecule has 3 aromatic rings. The van der Waals surface area contributed by atoms with E-state index in [1.54, 1.807) is 37.9 Å². The van der Waals surface area contributed by atoms with Gasteiger partial charge in [-0.2, -0.15) is 0 Å². The minimum atomic E-state index is -0.568. The van der Waals surface area contributed by atoms with Crippen LogP contribution in [0.4, 0.5) is 4.79 Å². The molecule has 0 spiro atoms. The molecule has 29 heavy (non-hydrogen) atoms. The maximum absolute atomic E-state index is 13.1. The Morgan fingerprint density at radius 3 is 2.79 bits per heavy atom. The van der Waals surface area contributed by atoms with Crippen LogP contribution < -0.4 is 16.0 Å². The summed E-state index contributed by atoms with van der Waals surface area (Å²) in [6.45, 7) is 2.05. The Hall–Kier alpha value is -3.94. The van der Waals surface area contributed by atoms with Crippen molar-refractivity contribution in [1.29, 1.82) is 0 Å². The first-order valence-electron chi connectivity index (χ1n) is 9.16. The molecule has 1 atom stereocenters. The smallest absolute Gasteiger partial charge is 0.319 e. The van der Waals surface area contributed by atoms with Gasteiger partial charge in [0, 0.05) is 37.0 Å². The molecule has 0 saturated carbocycles. The van der Waals surface area contributed by atoms with Gasteiger partial charge in [-0.25, -0.2) is 9.78 Å². The van der Waals surface area contributed by atoms with Crippen LogP contribution in [0.1, 0.15) is 24.1 Å². The van der Waals surface area contributed by atoms with Gasteiger partial charge in [-0.3, -0.25) is 9.78 Å². The molecule has 3 amide bonds. The van der Waals surface area contributed by atoms with E-state index in [1.807, 2.05) is 41.1 Å². The summed E-state index contributed by atoms with van der Waals surface area (Å²) in [5.41, 5.74) is 3.60. The topological polar surface area (TPSA) is 101 Å². The molecule has 3 heterocycles. The molecule has 2 aromatic heterocycles. The molecule has 1 aliphatic rings. The van der Waals surface area contributed by atoms with E-state index in [9.17, 15) is 9.59 Å². The van der Waals surface area contributed by atoms with E-state index >= 15 is 0 Å². The Balaban J connectivity index is 1.58. The second-order valence-corrected chi connectivity index (χ2v) is 6.64. The highest BCUT2D eigenvalue weighted by Gasteiger charge is 2.31. The number of aromatic nitrogens is 3. The maximum atomic E-state index is 13.1. The van der Waals surface area contributed by atoms with Gasteiger partial charge in [0.1, 0.15) is 0 Å². The van der Waals surface area contributed by atoms with E-state index in [-0.39, 0.29) is 11.9 Å². The number of pyridine rings is 1. The number of carbonyl (C=O) groups excluding carboxylic acids is 2. The van der Waals surface area contributed by atoms with Gasteiger partial charge in [0.2, 0.25) is 0 Å². The van der Waals surface area contributed by atoms with E-state index < -0.39 is 6.04 Å². The van der Waals surface area contributed by atoms with Crippen molar-refractivity contribution in [3.05, 3.63) is 89.9 Å². The average Bonchev–Trinajstić information content (AvgIpc) is 3.27. The number of amides is 3. The van der Waals surface area contributed by atoms with Gasteiger partial charge in [-0.15, -0.1) is 0 Å². The number of nitrogens with one attached hydrogen (secondary N) is 3. The van der Waals surface area contributed by atoms with Gasteiger partial charge < -0.3 is 20.5 Å². The number of benzene rings is 1. The van der Waals surface area contributed by atoms with Gasteiger partial charge >= 0.3 is 6.03 Å². The van der Waals surface area contributed by atoms with E-state index in [4.69, 9.17) is 0 Å². The first kappa shape index (κ1) is 18.4. The van der Waals surface area contributed by atoms with Crippen LogP contribution in [0, 0.1) is 0 Å². The molecule has 0 aliphatic carbocycles. The van der Waals surface area contributed by atoms with Crippen LogP contribution in [-0.4, -0.2) is 26.5 Å². The third kappa shape index (κ3) is 3.86. The number of carbonyl (C=O) groups is 2. The number of urea groups is 1. The molecular formula is C21H20N6O2. The van der Waals surface area contributed by atoms with Gasteiger partial charge in [-0.05, 0) is 30.2 Å². The minimum Gasteiger partial charge on any atom is -0.348 e. The lowest BCUT2D eigenvalue weighted by atomic mass is 9.96. The number of hydrogen-bond donors (Lipinski definition) is 3. The summed E-state index contributed by atoms with van der Waals surface area (Å²) < 4.78 is 1.90. The van der Waals surface area contributed by atoms with Gasteiger partial charge in [0.25, 0.3) is 5.91 Å². The summed E-state index contributed by atoms with van der Waals surface area (Å²) in [4.78, 5) is 33.2. The van der Waals surface area contributed by atoms with Crippen LogP contribution in [-0.2, 0) is 11.3 Å². The zero-order valence-electron chi connectivity index (χ0n) is 15.8. The third-order valence-corrected chi connectivity index (χ3v) is 4.75. The van der Waals surface area contributed by atoms with Crippen molar-refractivity contribution >= 4 is 11.9 Å². The molecule has 1 aliphatic heterocycles. The maximum Gasteiger partial charge on any atom is 0.319 e. The standard InChI is InChI=1S/C21H20N6O2/c1-14-18(19(26-21(29)25-14)16-6-4-8-22-11-16)20(28)24-12-15-5-2-3-7-17(15)27-10-9-23-13-27/h2-11,13,19H,12H2,1H3,(H,24,28)(H2,25,26,29). The summed E-state index contributed by atoms with van der Waals surface area (Å²) in [6, 6.07) is 10.5. The predicted molar refractivity (Wildman–Crippen MR) is 107 cm³/mol. The molecule has 0 saturated heterocycles. The summed E-state index contributed by atoms with van der Waals surface area (Å²) in [5, 5.41) is 8.46. The van der Waals surface area contributed by atoms with Crippen LogP contribution in [0.15, 0.2) is 78.8 Å². The van der Waals surface area contributed by atoms with Crippen LogP contribution >= 0.6 is 0 Å². The number of nitrogens with zero attached hydrogens (tertiary/aromatic N) is 3. The molecule has 3 N–H and O–H groups in total. The molecule has 8 nitrogen and oxygen atoms in total. The summed E-state index contributed by atoms with van der Waals surface area (Å²) in [5.74, 6) is -0.260. The molecule has 0 bridgehead atoms. The Morgan fingerprint density at radius 2 is 2.03 bits per heavy atom. The number of imidazole rings is 1. The number of allylic oxidation sites excluding steroid dienone is 1. The van der Waals surface area contributed by atoms with Gasteiger partial charge in [0.15, 0.2) is 0 Å². The largest absolute Gasteiger partial charge is 0.348 e. The van der Waals surface area contributed by atoms with E-state index in [0.717, 1.165) is 16.8 Å². The highest BCUT2D eigenvalue weighted by atomic mass is 16.2. The second kappa shape index (κ2) is 7.97. The Labute approximate surface area is 167 Å². The lowest BCUT2D eigenvalue weighted by Crippen LogP contribution is -2.47. The predicted octanol–water partition coefficient (Wildman–Crippen LogP) is 2.21. The normalized spacial score (nSPS) is 16.2. The SMILES string of the molecule is CC1=C(C(=O)NCc2ccccc2-n2ccnc2)C(c2cccnc2)NC(=O)N1.